The van der Waals surface area contributed by atoms with Crippen molar-refractivity contribution in [2.45, 2.75) is 18.9 Å². The van der Waals surface area contributed by atoms with Crippen LogP contribution in [0.5, 0.6) is 0 Å². The maximum atomic E-state index is 12.5. The summed E-state index contributed by atoms with van der Waals surface area (Å²) in [6, 6.07) is 9.56. The zero-order valence-corrected chi connectivity index (χ0v) is 10.3. The van der Waals surface area contributed by atoms with Crippen LogP contribution < -0.4 is 0 Å². The Bertz CT molecular complexity index is 585. The maximum Gasteiger partial charge on any atom is 0.194 e. The van der Waals surface area contributed by atoms with E-state index in [1.165, 1.54) is 0 Å². The van der Waals surface area contributed by atoms with Crippen LogP contribution in [-0.4, -0.2) is 24.0 Å². The fourth-order valence-corrected chi connectivity index (χ4v) is 2.37. The van der Waals surface area contributed by atoms with Crippen LogP contribution in [0.4, 0.5) is 0 Å². The number of carbonyl (C=O) groups excluding carboxylic acids is 1. The number of carbonyl (C=O) groups is 1. The van der Waals surface area contributed by atoms with Crippen LogP contribution in [0.1, 0.15) is 23.2 Å². The summed E-state index contributed by atoms with van der Waals surface area (Å²) in [5, 5.41) is 0.994. The van der Waals surface area contributed by atoms with Gasteiger partial charge in [-0.05, 0) is 30.9 Å². The fourth-order valence-electron chi connectivity index (χ4n) is 2.37. The molecule has 3 rings (SSSR count). The Balaban J connectivity index is 2.05. The van der Waals surface area contributed by atoms with Crippen molar-refractivity contribution < 1.29 is 9.53 Å². The average Bonchev–Trinajstić information content (AvgIpc) is 3.23. The molecule has 1 aliphatic rings. The SMILES string of the molecule is COC(C(=O)c1cccc2cccnc12)C1CC1. The van der Waals surface area contributed by atoms with Gasteiger partial charge in [0.25, 0.3) is 0 Å². The second-order valence-electron chi connectivity index (χ2n) is 4.74. The Morgan fingerprint density at radius 1 is 1.33 bits per heavy atom. The van der Waals surface area contributed by atoms with Crippen molar-refractivity contribution in [3.8, 4) is 0 Å². The third-order valence-corrected chi connectivity index (χ3v) is 3.46. The van der Waals surface area contributed by atoms with Crippen molar-refractivity contribution in [2.75, 3.05) is 7.11 Å². The lowest BCUT2D eigenvalue weighted by Crippen LogP contribution is -2.25. The van der Waals surface area contributed by atoms with Gasteiger partial charge in [0, 0.05) is 24.3 Å². The highest BCUT2D eigenvalue weighted by Gasteiger charge is 2.37. The molecule has 1 aliphatic carbocycles. The summed E-state index contributed by atoms with van der Waals surface area (Å²) in [5.74, 6) is 0.450. The molecule has 0 bridgehead atoms. The van der Waals surface area contributed by atoms with E-state index in [1.54, 1.807) is 13.3 Å². The molecular weight excluding hydrogens is 226 g/mol. The number of nitrogens with zero attached hydrogens (tertiary/aromatic N) is 1. The monoisotopic (exact) mass is 241 g/mol. The first kappa shape index (κ1) is 11.4. The lowest BCUT2D eigenvalue weighted by molar-refractivity contribution is 0.0541. The van der Waals surface area contributed by atoms with E-state index in [4.69, 9.17) is 4.74 Å². The van der Waals surface area contributed by atoms with Crippen molar-refractivity contribution in [2.24, 2.45) is 5.92 Å². The van der Waals surface area contributed by atoms with E-state index in [9.17, 15) is 4.79 Å². The summed E-state index contributed by atoms with van der Waals surface area (Å²) in [5.41, 5.74) is 1.44. The number of rotatable bonds is 4. The highest BCUT2D eigenvalue weighted by molar-refractivity contribution is 6.09. The Morgan fingerprint density at radius 2 is 2.11 bits per heavy atom. The van der Waals surface area contributed by atoms with Gasteiger partial charge in [-0.1, -0.05) is 18.2 Å². The minimum atomic E-state index is -0.308. The van der Waals surface area contributed by atoms with Gasteiger partial charge >= 0.3 is 0 Å². The lowest BCUT2D eigenvalue weighted by atomic mass is 10.00. The normalized spacial score (nSPS) is 16.7. The molecule has 3 nitrogen and oxygen atoms in total. The summed E-state index contributed by atoms with van der Waals surface area (Å²) in [4.78, 5) is 16.8. The second kappa shape index (κ2) is 4.50. The first-order valence-electron chi connectivity index (χ1n) is 6.22. The predicted molar refractivity (Wildman–Crippen MR) is 69.6 cm³/mol. The fraction of sp³-hybridized carbons (Fsp3) is 0.333. The highest BCUT2D eigenvalue weighted by atomic mass is 16.5. The minimum absolute atomic E-state index is 0.0595. The topological polar surface area (TPSA) is 39.2 Å². The Labute approximate surface area is 106 Å². The maximum absolute atomic E-state index is 12.5. The molecule has 1 aromatic heterocycles. The Kier molecular flexibility index (Phi) is 2.84. The smallest absolute Gasteiger partial charge is 0.194 e. The summed E-state index contributed by atoms with van der Waals surface area (Å²) < 4.78 is 5.36. The third-order valence-electron chi connectivity index (χ3n) is 3.46. The molecule has 0 amide bonds. The van der Waals surface area contributed by atoms with Crippen LogP contribution in [0.2, 0.25) is 0 Å². The highest BCUT2D eigenvalue weighted by Crippen LogP contribution is 2.36. The summed E-state index contributed by atoms with van der Waals surface area (Å²) in [6.07, 6.45) is 3.58. The zero-order valence-electron chi connectivity index (χ0n) is 10.3. The molecule has 0 spiro atoms. The van der Waals surface area contributed by atoms with Gasteiger partial charge in [-0.25, -0.2) is 0 Å². The molecular formula is C15H15NO2. The van der Waals surface area contributed by atoms with Crippen LogP contribution in [0, 0.1) is 5.92 Å². The van der Waals surface area contributed by atoms with Crippen LogP contribution in [0.3, 0.4) is 0 Å². The number of ketones is 1. The quantitative estimate of drug-likeness (QED) is 0.773. The first-order chi connectivity index (χ1) is 8.81. The molecule has 1 heterocycles. The van der Waals surface area contributed by atoms with Crippen molar-refractivity contribution >= 4 is 16.7 Å². The summed E-state index contributed by atoms with van der Waals surface area (Å²) in [7, 11) is 1.61. The second-order valence-corrected chi connectivity index (χ2v) is 4.74. The van der Waals surface area contributed by atoms with Crippen molar-refractivity contribution in [1.29, 1.82) is 0 Å². The van der Waals surface area contributed by atoms with Gasteiger partial charge in [0.15, 0.2) is 5.78 Å². The number of methoxy groups -OCH3 is 1. The van der Waals surface area contributed by atoms with Gasteiger partial charge < -0.3 is 4.74 Å². The number of ether oxygens (including phenoxy) is 1. The Hall–Kier alpha value is -1.74. The van der Waals surface area contributed by atoms with Gasteiger partial charge in [0.05, 0.1) is 5.52 Å². The third kappa shape index (κ3) is 1.91. The average molecular weight is 241 g/mol. The minimum Gasteiger partial charge on any atom is -0.373 e. The van der Waals surface area contributed by atoms with E-state index >= 15 is 0 Å². The van der Waals surface area contributed by atoms with Gasteiger partial charge in [-0.15, -0.1) is 0 Å². The largest absolute Gasteiger partial charge is 0.373 e. The van der Waals surface area contributed by atoms with Crippen LogP contribution in [0.25, 0.3) is 10.9 Å². The van der Waals surface area contributed by atoms with E-state index in [0.717, 1.165) is 23.7 Å². The number of hydrogen-bond donors (Lipinski definition) is 0. The molecule has 1 atom stereocenters. The van der Waals surface area contributed by atoms with Crippen molar-refractivity contribution in [3.05, 3.63) is 42.1 Å². The number of Topliss-reactive ketones (excluding diaryl/α,β-unsaturated/α-hetero) is 1. The molecule has 0 N–H and O–H groups in total. The van der Waals surface area contributed by atoms with E-state index < -0.39 is 0 Å². The molecule has 1 fully saturated rings. The molecule has 18 heavy (non-hydrogen) atoms. The Morgan fingerprint density at radius 3 is 2.83 bits per heavy atom. The van der Waals surface area contributed by atoms with E-state index in [-0.39, 0.29) is 11.9 Å². The summed E-state index contributed by atoms with van der Waals surface area (Å²) >= 11 is 0. The van der Waals surface area contributed by atoms with Gasteiger partial charge in [-0.2, -0.15) is 0 Å². The number of benzene rings is 1. The number of para-hydroxylation sites is 1. The molecule has 0 radical (unpaired) electrons. The number of aromatic nitrogens is 1. The van der Waals surface area contributed by atoms with E-state index in [1.807, 2.05) is 30.3 Å². The van der Waals surface area contributed by atoms with Crippen LogP contribution >= 0.6 is 0 Å². The van der Waals surface area contributed by atoms with Crippen molar-refractivity contribution in [3.63, 3.8) is 0 Å². The number of fused-ring (bicyclic) bond motifs is 1. The molecule has 0 aliphatic heterocycles. The molecule has 1 aromatic carbocycles. The molecule has 92 valence electrons. The molecule has 2 aromatic rings. The van der Waals surface area contributed by atoms with Gasteiger partial charge in [0.2, 0.25) is 0 Å². The van der Waals surface area contributed by atoms with Crippen LogP contribution in [-0.2, 0) is 4.74 Å². The lowest BCUT2D eigenvalue weighted by Gasteiger charge is -2.14. The molecule has 1 unspecified atom stereocenters. The molecule has 3 heteroatoms. The van der Waals surface area contributed by atoms with E-state index in [0.29, 0.717) is 11.5 Å². The van der Waals surface area contributed by atoms with Crippen molar-refractivity contribution in [1.82, 2.24) is 4.98 Å². The predicted octanol–water partition coefficient (Wildman–Crippen LogP) is 2.84. The molecule has 1 saturated carbocycles. The van der Waals surface area contributed by atoms with Gasteiger partial charge in [0.1, 0.15) is 6.10 Å². The zero-order chi connectivity index (χ0) is 12.5. The van der Waals surface area contributed by atoms with E-state index in [2.05, 4.69) is 4.98 Å². The van der Waals surface area contributed by atoms with Gasteiger partial charge in [-0.3, -0.25) is 9.78 Å². The van der Waals surface area contributed by atoms with Crippen LogP contribution in [0.15, 0.2) is 36.5 Å². The number of pyridine rings is 1. The first-order valence-corrected chi connectivity index (χ1v) is 6.22. The molecule has 0 saturated heterocycles. The summed E-state index contributed by atoms with van der Waals surface area (Å²) in [6.45, 7) is 0. The standard InChI is InChI=1S/C15H15NO2/c1-18-15(11-7-8-11)14(17)12-6-2-4-10-5-3-9-16-13(10)12/h2-6,9,11,15H,7-8H2,1H3. The number of hydrogen-bond acceptors (Lipinski definition) is 3.